The summed E-state index contributed by atoms with van der Waals surface area (Å²) in [5, 5.41) is 11.4. The number of carboxylic acids is 1. The zero-order chi connectivity index (χ0) is 13.5. The van der Waals surface area contributed by atoms with Crippen molar-refractivity contribution < 1.29 is 14.7 Å². The number of nitrogens with two attached hydrogens (primary N) is 1. The van der Waals surface area contributed by atoms with Crippen LogP contribution >= 0.6 is 0 Å². The molecular weight excluding hydrogens is 232 g/mol. The van der Waals surface area contributed by atoms with E-state index in [1.165, 1.54) is 19.3 Å². The Morgan fingerprint density at radius 1 is 1.39 bits per heavy atom. The van der Waals surface area contributed by atoms with Crippen LogP contribution in [0.25, 0.3) is 0 Å². The Hall–Kier alpha value is -1.10. The molecule has 0 aromatic heterocycles. The maximum absolute atomic E-state index is 11.7. The van der Waals surface area contributed by atoms with Crippen molar-refractivity contribution in [3.63, 3.8) is 0 Å². The van der Waals surface area contributed by atoms with Crippen LogP contribution < -0.4 is 11.1 Å². The van der Waals surface area contributed by atoms with Gasteiger partial charge in [-0.2, -0.15) is 0 Å². The molecule has 104 valence electrons. The van der Waals surface area contributed by atoms with Gasteiger partial charge < -0.3 is 16.2 Å². The van der Waals surface area contributed by atoms with Gasteiger partial charge in [-0.05, 0) is 24.7 Å². The lowest BCUT2D eigenvalue weighted by molar-refractivity contribution is -0.137. The quantitative estimate of drug-likeness (QED) is 0.664. The summed E-state index contributed by atoms with van der Waals surface area (Å²) >= 11 is 0. The molecule has 1 fully saturated rings. The van der Waals surface area contributed by atoms with Crippen molar-refractivity contribution >= 4 is 11.9 Å². The molecule has 0 saturated heterocycles. The molecule has 0 aromatic rings. The van der Waals surface area contributed by atoms with E-state index >= 15 is 0 Å². The van der Waals surface area contributed by atoms with Crippen molar-refractivity contribution in [3.05, 3.63) is 0 Å². The summed E-state index contributed by atoms with van der Waals surface area (Å²) in [6.45, 7) is 2.89. The Morgan fingerprint density at radius 2 is 2.06 bits per heavy atom. The molecule has 3 unspecified atom stereocenters. The van der Waals surface area contributed by atoms with E-state index in [-0.39, 0.29) is 18.7 Å². The first kappa shape index (κ1) is 15.0. The average Bonchev–Trinajstić information content (AvgIpc) is 2.34. The van der Waals surface area contributed by atoms with Crippen LogP contribution in [0, 0.1) is 11.8 Å². The summed E-state index contributed by atoms with van der Waals surface area (Å²) < 4.78 is 0. The Bertz CT molecular complexity index is 294. The van der Waals surface area contributed by atoms with Gasteiger partial charge in [0, 0.05) is 13.0 Å². The number of carbonyl (C=O) groups excluding carboxylic acids is 1. The summed E-state index contributed by atoms with van der Waals surface area (Å²) in [4.78, 5) is 22.1. The van der Waals surface area contributed by atoms with Gasteiger partial charge in [0.25, 0.3) is 0 Å². The Balaban J connectivity index is 2.24. The van der Waals surface area contributed by atoms with E-state index in [1.54, 1.807) is 0 Å². The van der Waals surface area contributed by atoms with Crippen LogP contribution in [-0.4, -0.2) is 29.6 Å². The maximum atomic E-state index is 11.7. The lowest BCUT2D eigenvalue weighted by Crippen LogP contribution is -2.43. The van der Waals surface area contributed by atoms with Crippen molar-refractivity contribution in [1.29, 1.82) is 0 Å². The molecule has 1 rings (SSSR count). The number of aliphatic carboxylic acids is 1. The Labute approximate surface area is 108 Å². The maximum Gasteiger partial charge on any atom is 0.303 e. The molecular formula is C13H24N2O3. The van der Waals surface area contributed by atoms with Crippen LogP contribution in [0.4, 0.5) is 0 Å². The van der Waals surface area contributed by atoms with Gasteiger partial charge in [-0.15, -0.1) is 0 Å². The molecule has 5 nitrogen and oxygen atoms in total. The van der Waals surface area contributed by atoms with E-state index in [2.05, 4.69) is 12.2 Å². The van der Waals surface area contributed by atoms with Gasteiger partial charge in [-0.1, -0.05) is 26.2 Å². The molecule has 4 N–H and O–H groups in total. The minimum absolute atomic E-state index is 0.0611. The minimum Gasteiger partial charge on any atom is -0.481 e. The third-order valence-electron chi connectivity index (χ3n) is 3.83. The highest BCUT2D eigenvalue weighted by atomic mass is 16.4. The zero-order valence-electron chi connectivity index (χ0n) is 11.0. The van der Waals surface area contributed by atoms with Crippen LogP contribution in [0.5, 0.6) is 0 Å². The Morgan fingerprint density at radius 3 is 2.67 bits per heavy atom. The number of carbonyl (C=O) groups is 2. The number of hydrogen-bond donors (Lipinski definition) is 3. The van der Waals surface area contributed by atoms with E-state index in [9.17, 15) is 9.59 Å². The second kappa shape index (κ2) is 7.36. The van der Waals surface area contributed by atoms with Gasteiger partial charge in [0.1, 0.15) is 0 Å². The second-order valence-corrected chi connectivity index (χ2v) is 5.31. The van der Waals surface area contributed by atoms with Crippen LogP contribution in [-0.2, 0) is 9.59 Å². The largest absolute Gasteiger partial charge is 0.481 e. The van der Waals surface area contributed by atoms with Crippen molar-refractivity contribution in [1.82, 2.24) is 5.32 Å². The summed E-state index contributed by atoms with van der Waals surface area (Å²) in [5.41, 5.74) is 5.64. The molecule has 0 aliphatic heterocycles. The fourth-order valence-electron chi connectivity index (χ4n) is 2.47. The molecule has 0 aromatic carbocycles. The smallest absolute Gasteiger partial charge is 0.303 e. The summed E-state index contributed by atoms with van der Waals surface area (Å²) in [5.74, 6) is 0.0387. The standard InChI is InChI=1S/C13H24N2O3/c1-9-4-2-3-5-10(9)8-15-13(18)11(14)6-7-12(16)17/h9-11H,2-8,14H2,1H3,(H,15,18)(H,16,17). The number of nitrogens with one attached hydrogen (secondary N) is 1. The van der Waals surface area contributed by atoms with Crippen LogP contribution in [0.2, 0.25) is 0 Å². The number of hydrogen-bond acceptors (Lipinski definition) is 3. The molecule has 0 heterocycles. The summed E-state index contributed by atoms with van der Waals surface area (Å²) in [7, 11) is 0. The minimum atomic E-state index is -0.917. The SMILES string of the molecule is CC1CCCCC1CNC(=O)C(N)CCC(=O)O. The predicted molar refractivity (Wildman–Crippen MR) is 69.0 cm³/mol. The molecule has 5 heteroatoms. The third kappa shape index (κ3) is 5.04. The first-order valence-corrected chi connectivity index (χ1v) is 6.75. The lowest BCUT2D eigenvalue weighted by atomic mass is 9.80. The topological polar surface area (TPSA) is 92.4 Å². The van der Waals surface area contributed by atoms with E-state index in [4.69, 9.17) is 10.8 Å². The molecule has 0 bridgehead atoms. The van der Waals surface area contributed by atoms with Crippen molar-refractivity contribution in [3.8, 4) is 0 Å². The first-order chi connectivity index (χ1) is 8.50. The van der Waals surface area contributed by atoms with E-state index in [1.807, 2.05) is 0 Å². The molecule has 1 aliphatic rings. The fourth-order valence-corrected chi connectivity index (χ4v) is 2.47. The highest BCUT2D eigenvalue weighted by Gasteiger charge is 2.22. The molecule has 3 atom stereocenters. The normalized spacial score (nSPS) is 25.4. The number of amides is 1. The van der Waals surface area contributed by atoms with Gasteiger partial charge in [0.05, 0.1) is 6.04 Å². The zero-order valence-corrected chi connectivity index (χ0v) is 11.0. The predicted octanol–water partition coefficient (Wildman–Crippen LogP) is 1.12. The van der Waals surface area contributed by atoms with Gasteiger partial charge >= 0.3 is 5.97 Å². The van der Waals surface area contributed by atoms with Gasteiger partial charge in [-0.3, -0.25) is 9.59 Å². The van der Waals surface area contributed by atoms with Crippen LogP contribution in [0.15, 0.2) is 0 Å². The number of rotatable bonds is 6. The van der Waals surface area contributed by atoms with Crippen LogP contribution in [0.3, 0.4) is 0 Å². The monoisotopic (exact) mass is 256 g/mol. The highest BCUT2D eigenvalue weighted by molar-refractivity contribution is 5.82. The summed E-state index contributed by atoms with van der Waals surface area (Å²) in [6.07, 6.45) is 5.03. The molecule has 1 saturated carbocycles. The van der Waals surface area contributed by atoms with Crippen molar-refractivity contribution in [2.24, 2.45) is 17.6 Å². The van der Waals surface area contributed by atoms with Gasteiger partial charge in [0.2, 0.25) is 5.91 Å². The van der Waals surface area contributed by atoms with Crippen molar-refractivity contribution in [2.45, 2.75) is 51.5 Å². The summed E-state index contributed by atoms with van der Waals surface area (Å²) in [6, 6.07) is -0.708. The van der Waals surface area contributed by atoms with Gasteiger partial charge in [0.15, 0.2) is 0 Å². The van der Waals surface area contributed by atoms with Crippen LogP contribution in [0.1, 0.15) is 45.4 Å². The second-order valence-electron chi connectivity index (χ2n) is 5.31. The molecule has 18 heavy (non-hydrogen) atoms. The molecule has 0 radical (unpaired) electrons. The molecule has 1 aliphatic carbocycles. The van der Waals surface area contributed by atoms with E-state index in [0.29, 0.717) is 18.4 Å². The highest BCUT2D eigenvalue weighted by Crippen LogP contribution is 2.28. The van der Waals surface area contributed by atoms with E-state index in [0.717, 1.165) is 6.42 Å². The third-order valence-corrected chi connectivity index (χ3v) is 3.83. The molecule has 1 amide bonds. The Kier molecular flexibility index (Phi) is 6.12. The van der Waals surface area contributed by atoms with Gasteiger partial charge in [-0.25, -0.2) is 0 Å². The fraction of sp³-hybridized carbons (Fsp3) is 0.846. The lowest BCUT2D eigenvalue weighted by Gasteiger charge is -2.29. The first-order valence-electron chi connectivity index (χ1n) is 6.75. The van der Waals surface area contributed by atoms with E-state index < -0.39 is 12.0 Å². The molecule has 0 spiro atoms. The average molecular weight is 256 g/mol. The van der Waals surface area contributed by atoms with Crippen molar-refractivity contribution in [2.75, 3.05) is 6.54 Å². The number of carboxylic acid groups (broad SMARTS) is 1.